The van der Waals surface area contributed by atoms with E-state index in [4.69, 9.17) is 28.4 Å². The summed E-state index contributed by atoms with van der Waals surface area (Å²) in [6.45, 7) is 0. The molecule has 0 radical (unpaired) electrons. The van der Waals surface area contributed by atoms with E-state index < -0.39 is 24.1 Å². The fourth-order valence-corrected chi connectivity index (χ4v) is 3.70. The first-order valence-corrected chi connectivity index (χ1v) is 9.36. The predicted molar refractivity (Wildman–Crippen MR) is 108 cm³/mol. The summed E-state index contributed by atoms with van der Waals surface area (Å²) in [5.74, 6) is 1.46. The molecule has 0 unspecified atom stereocenters. The van der Waals surface area contributed by atoms with E-state index in [0.717, 1.165) is 0 Å². The van der Waals surface area contributed by atoms with Crippen molar-refractivity contribution >= 4 is 5.97 Å². The molecule has 162 valence electrons. The van der Waals surface area contributed by atoms with E-state index in [2.05, 4.69) is 0 Å². The number of methoxy groups -OCH3 is 5. The zero-order valence-electron chi connectivity index (χ0n) is 17.6. The van der Waals surface area contributed by atoms with Crippen molar-refractivity contribution in [3.05, 3.63) is 41.5 Å². The van der Waals surface area contributed by atoms with E-state index in [1.54, 1.807) is 37.4 Å². The van der Waals surface area contributed by atoms with Crippen LogP contribution in [0.4, 0.5) is 0 Å². The fraction of sp³-hybridized carbons (Fsp3) is 0.409. The summed E-state index contributed by atoms with van der Waals surface area (Å²) in [5, 5.41) is 11.2. The van der Waals surface area contributed by atoms with Crippen molar-refractivity contribution in [1.29, 1.82) is 0 Å². The van der Waals surface area contributed by atoms with Crippen LogP contribution in [0.25, 0.3) is 0 Å². The van der Waals surface area contributed by atoms with Gasteiger partial charge in [-0.05, 0) is 17.7 Å². The molecule has 2 aromatic rings. The van der Waals surface area contributed by atoms with Gasteiger partial charge in [-0.1, -0.05) is 6.07 Å². The number of esters is 1. The van der Waals surface area contributed by atoms with Crippen LogP contribution in [0, 0.1) is 0 Å². The Bertz CT molecular complexity index is 910. The highest BCUT2D eigenvalue weighted by atomic mass is 16.5. The smallest absolute Gasteiger partial charge is 0.306 e. The van der Waals surface area contributed by atoms with E-state index in [0.29, 0.717) is 39.9 Å². The number of fused-ring (bicyclic) bond motifs is 1. The van der Waals surface area contributed by atoms with Gasteiger partial charge < -0.3 is 33.5 Å². The average molecular weight is 418 g/mol. The highest BCUT2D eigenvalue weighted by Crippen LogP contribution is 2.50. The number of carbonyl (C=O) groups is 1. The van der Waals surface area contributed by atoms with Crippen LogP contribution in [0.2, 0.25) is 0 Å². The lowest BCUT2D eigenvalue weighted by Gasteiger charge is -2.37. The summed E-state index contributed by atoms with van der Waals surface area (Å²) in [5.41, 5.74) is 1.26. The lowest BCUT2D eigenvalue weighted by atomic mass is 9.82. The molecule has 8 heteroatoms. The Hall–Kier alpha value is -3.13. The van der Waals surface area contributed by atoms with Crippen molar-refractivity contribution in [2.24, 2.45) is 0 Å². The third kappa shape index (κ3) is 3.95. The topological polar surface area (TPSA) is 92.7 Å². The first kappa shape index (κ1) is 21.6. The number of rotatable bonds is 7. The second kappa shape index (κ2) is 9.13. The number of hydrogen-bond donors (Lipinski definition) is 1. The van der Waals surface area contributed by atoms with Crippen molar-refractivity contribution in [3.8, 4) is 28.7 Å². The average Bonchev–Trinajstić information content (AvgIpc) is 2.78. The molecule has 1 aliphatic rings. The number of ether oxygens (including phenoxy) is 6. The zero-order chi connectivity index (χ0) is 21.8. The molecule has 1 heterocycles. The second-order valence-electron chi connectivity index (χ2n) is 6.77. The van der Waals surface area contributed by atoms with Gasteiger partial charge in [-0.3, -0.25) is 4.79 Å². The summed E-state index contributed by atoms with van der Waals surface area (Å²) in [4.78, 5) is 12.1. The van der Waals surface area contributed by atoms with Crippen LogP contribution in [0.3, 0.4) is 0 Å². The molecule has 0 bridgehead atoms. The monoisotopic (exact) mass is 418 g/mol. The van der Waals surface area contributed by atoms with Gasteiger partial charge in [0.05, 0.1) is 42.0 Å². The van der Waals surface area contributed by atoms with E-state index in [1.165, 1.54) is 28.4 Å². The van der Waals surface area contributed by atoms with Crippen molar-refractivity contribution in [2.45, 2.75) is 24.5 Å². The molecule has 2 aromatic carbocycles. The van der Waals surface area contributed by atoms with E-state index in [1.807, 2.05) is 0 Å². The Labute approximate surface area is 175 Å². The predicted octanol–water partition coefficient (Wildman–Crippen LogP) is 2.86. The number of benzene rings is 2. The first-order valence-electron chi connectivity index (χ1n) is 9.36. The molecule has 0 saturated heterocycles. The van der Waals surface area contributed by atoms with Gasteiger partial charge in [-0.25, -0.2) is 0 Å². The van der Waals surface area contributed by atoms with Gasteiger partial charge in [0.25, 0.3) is 0 Å². The lowest BCUT2D eigenvalue weighted by molar-refractivity contribution is -0.142. The Morgan fingerprint density at radius 3 is 2.23 bits per heavy atom. The molecular formula is C22H26O8. The molecule has 30 heavy (non-hydrogen) atoms. The molecule has 0 spiro atoms. The minimum atomic E-state index is -1.04. The number of aliphatic hydroxyl groups excluding tert-OH is 1. The van der Waals surface area contributed by atoms with Crippen LogP contribution < -0.4 is 23.7 Å². The summed E-state index contributed by atoms with van der Waals surface area (Å²) in [6.07, 6.45) is -1.85. The van der Waals surface area contributed by atoms with Gasteiger partial charge in [0.1, 0.15) is 23.4 Å². The minimum absolute atomic E-state index is 0.0412. The van der Waals surface area contributed by atoms with Crippen LogP contribution >= 0.6 is 0 Å². The molecule has 1 aliphatic heterocycles. The maximum atomic E-state index is 12.1. The largest absolute Gasteiger partial charge is 0.496 e. The highest BCUT2D eigenvalue weighted by molar-refractivity contribution is 5.72. The third-order valence-corrected chi connectivity index (χ3v) is 5.23. The number of hydrogen-bond acceptors (Lipinski definition) is 8. The summed E-state index contributed by atoms with van der Waals surface area (Å²) in [7, 11) is 7.44. The number of carbonyl (C=O) groups excluding carboxylic acids is 1. The van der Waals surface area contributed by atoms with Gasteiger partial charge in [-0.2, -0.15) is 0 Å². The van der Waals surface area contributed by atoms with Gasteiger partial charge >= 0.3 is 5.97 Å². The van der Waals surface area contributed by atoms with Crippen LogP contribution in [-0.2, 0) is 9.53 Å². The molecule has 3 rings (SSSR count). The Morgan fingerprint density at radius 2 is 1.63 bits per heavy atom. The standard InChI is InChI=1S/C22H26O8/c1-25-13-9-17(28-4)20-14(11-19(23)29-5)21(24)22(30-18(20)10-13)12-6-7-15(26-2)16(8-12)27-3/h6-10,14,21-22,24H,11H2,1-5H3/t14-,21+,22+/m0/s1. The van der Waals surface area contributed by atoms with Gasteiger partial charge in [0.15, 0.2) is 17.6 Å². The van der Waals surface area contributed by atoms with Crippen LogP contribution in [-0.4, -0.2) is 52.7 Å². The van der Waals surface area contributed by atoms with Crippen LogP contribution in [0.15, 0.2) is 30.3 Å². The normalized spacial score (nSPS) is 19.9. The molecule has 0 aliphatic carbocycles. The Kier molecular flexibility index (Phi) is 6.56. The van der Waals surface area contributed by atoms with Gasteiger partial charge in [0, 0.05) is 23.6 Å². The number of aliphatic hydroxyl groups is 1. The SMILES string of the molecule is COC(=O)C[C@H]1c2c(OC)cc(OC)cc2O[C@H](c2ccc(OC)c(OC)c2)[C@@H]1O. The summed E-state index contributed by atoms with van der Waals surface area (Å²) in [6, 6.07) is 8.66. The maximum Gasteiger partial charge on any atom is 0.306 e. The third-order valence-electron chi connectivity index (χ3n) is 5.23. The molecule has 1 N–H and O–H groups in total. The van der Waals surface area contributed by atoms with Crippen LogP contribution in [0.5, 0.6) is 28.7 Å². The molecule has 8 nitrogen and oxygen atoms in total. The van der Waals surface area contributed by atoms with Crippen molar-refractivity contribution < 1.29 is 38.3 Å². The van der Waals surface area contributed by atoms with Gasteiger partial charge in [0.2, 0.25) is 0 Å². The summed E-state index contributed by atoms with van der Waals surface area (Å²) >= 11 is 0. The second-order valence-corrected chi connectivity index (χ2v) is 6.77. The Morgan fingerprint density at radius 1 is 0.933 bits per heavy atom. The van der Waals surface area contributed by atoms with Crippen molar-refractivity contribution in [2.75, 3.05) is 35.5 Å². The van der Waals surface area contributed by atoms with Crippen molar-refractivity contribution in [3.63, 3.8) is 0 Å². The van der Waals surface area contributed by atoms with E-state index >= 15 is 0 Å². The molecule has 3 atom stereocenters. The van der Waals surface area contributed by atoms with Crippen molar-refractivity contribution in [1.82, 2.24) is 0 Å². The minimum Gasteiger partial charge on any atom is -0.496 e. The molecule has 0 aromatic heterocycles. The maximum absolute atomic E-state index is 12.1. The first-order chi connectivity index (χ1) is 14.5. The van der Waals surface area contributed by atoms with Gasteiger partial charge in [-0.15, -0.1) is 0 Å². The quantitative estimate of drug-likeness (QED) is 0.687. The summed E-state index contributed by atoms with van der Waals surface area (Å²) < 4.78 is 32.5. The molecule has 0 saturated carbocycles. The molecule has 0 amide bonds. The fourth-order valence-electron chi connectivity index (χ4n) is 3.70. The molecular weight excluding hydrogens is 392 g/mol. The lowest BCUT2D eigenvalue weighted by Crippen LogP contribution is -2.36. The zero-order valence-corrected chi connectivity index (χ0v) is 17.6. The Balaban J connectivity index is 2.12. The van der Waals surface area contributed by atoms with E-state index in [9.17, 15) is 9.90 Å². The van der Waals surface area contributed by atoms with E-state index in [-0.39, 0.29) is 6.42 Å². The molecule has 0 fully saturated rings. The highest BCUT2D eigenvalue weighted by Gasteiger charge is 2.42. The van der Waals surface area contributed by atoms with Crippen LogP contribution in [0.1, 0.15) is 29.6 Å².